The molecule has 0 unspecified atom stereocenters. The molecule has 0 radical (unpaired) electrons. The maximum Gasteiger partial charge on any atom is 0.261 e. The molecule has 3 aromatic rings. The van der Waals surface area contributed by atoms with Gasteiger partial charge in [-0.1, -0.05) is 84.7 Å². The van der Waals surface area contributed by atoms with E-state index >= 15 is 0 Å². The van der Waals surface area contributed by atoms with Crippen molar-refractivity contribution >= 4 is 35.0 Å². The number of rotatable bonds is 11. The third-order valence-electron chi connectivity index (χ3n) is 5.28. The number of ether oxygens (including phenoxy) is 1. The Morgan fingerprint density at radius 2 is 1.65 bits per heavy atom. The first kappa shape index (κ1) is 25.6. The van der Waals surface area contributed by atoms with Crippen molar-refractivity contribution in [3.8, 4) is 5.75 Å². The van der Waals surface area contributed by atoms with Gasteiger partial charge in [-0.2, -0.15) is 0 Å². The van der Waals surface area contributed by atoms with Gasteiger partial charge in [0.1, 0.15) is 11.8 Å². The molecule has 3 rings (SSSR count). The molecule has 1 atom stereocenters. The summed E-state index contributed by atoms with van der Waals surface area (Å²) < 4.78 is 5.72. The van der Waals surface area contributed by atoms with Crippen LogP contribution >= 0.6 is 23.2 Å². The molecule has 178 valence electrons. The van der Waals surface area contributed by atoms with E-state index in [4.69, 9.17) is 27.9 Å². The molecule has 34 heavy (non-hydrogen) atoms. The zero-order valence-corrected chi connectivity index (χ0v) is 20.6. The number of carbonyl (C=O) groups excluding carboxylic acids is 2. The minimum absolute atomic E-state index is 0.143. The third-order valence-corrected chi connectivity index (χ3v) is 5.87. The van der Waals surface area contributed by atoms with Crippen molar-refractivity contribution in [2.24, 2.45) is 0 Å². The van der Waals surface area contributed by atoms with Crippen LogP contribution in [0.3, 0.4) is 0 Å². The Bertz CT molecular complexity index is 1080. The number of halogens is 2. The fourth-order valence-electron chi connectivity index (χ4n) is 3.50. The lowest BCUT2D eigenvalue weighted by atomic mass is 10.0. The summed E-state index contributed by atoms with van der Waals surface area (Å²) in [6.07, 6.45) is 1.15. The fourth-order valence-corrected chi connectivity index (χ4v) is 3.97. The number of amides is 2. The molecular formula is C27H28Cl2N2O3. The normalized spacial score (nSPS) is 11.5. The summed E-state index contributed by atoms with van der Waals surface area (Å²) in [6, 6.07) is 23.1. The lowest BCUT2D eigenvalue weighted by Gasteiger charge is -2.31. The van der Waals surface area contributed by atoms with Gasteiger partial charge in [0.2, 0.25) is 5.91 Å². The van der Waals surface area contributed by atoms with Crippen LogP contribution in [0.15, 0.2) is 78.9 Å². The van der Waals surface area contributed by atoms with Crippen LogP contribution < -0.4 is 10.1 Å². The SMILES string of the molecule is CCCNC(=O)[C@@H](Cc1ccccc1)N(Cc1ccc(Cl)cc1Cl)C(=O)COc1ccccc1. The second kappa shape index (κ2) is 13.0. The van der Waals surface area contributed by atoms with Crippen molar-refractivity contribution in [3.05, 3.63) is 100 Å². The van der Waals surface area contributed by atoms with Gasteiger partial charge in [0, 0.05) is 29.6 Å². The number of hydrogen-bond donors (Lipinski definition) is 1. The Kier molecular flexibility index (Phi) is 9.80. The van der Waals surface area contributed by atoms with Crippen LogP contribution in [0, 0.1) is 0 Å². The average molecular weight is 499 g/mol. The van der Waals surface area contributed by atoms with Gasteiger partial charge in [-0.05, 0) is 41.8 Å². The molecule has 3 aromatic carbocycles. The number of nitrogens with one attached hydrogen (secondary N) is 1. The highest BCUT2D eigenvalue weighted by Gasteiger charge is 2.31. The molecule has 0 heterocycles. The van der Waals surface area contributed by atoms with Gasteiger partial charge in [0.05, 0.1) is 0 Å². The summed E-state index contributed by atoms with van der Waals surface area (Å²) in [5.41, 5.74) is 1.64. The first-order chi connectivity index (χ1) is 16.5. The van der Waals surface area contributed by atoms with Crippen molar-refractivity contribution in [3.63, 3.8) is 0 Å². The Morgan fingerprint density at radius 1 is 0.971 bits per heavy atom. The van der Waals surface area contributed by atoms with Gasteiger partial charge in [0.25, 0.3) is 5.91 Å². The molecule has 0 saturated heterocycles. The minimum Gasteiger partial charge on any atom is -0.484 e. The molecule has 0 spiro atoms. The predicted octanol–water partition coefficient (Wildman–Crippen LogP) is 5.54. The lowest BCUT2D eigenvalue weighted by molar-refractivity contribution is -0.142. The number of nitrogens with zero attached hydrogens (tertiary/aromatic N) is 1. The van der Waals surface area contributed by atoms with E-state index in [1.54, 1.807) is 30.3 Å². The Balaban J connectivity index is 1.91. The highest BCUT2D eigenvalue weighted by atomic mass is 35.5. The molecule has 2 amide bonds. The monoisotopic (exact) mass is 498 g/mol. The molecule has 0 bridgehead atoms. The summed E-state index contributed by atoms with van der Waals surface area (Å²) in [7, 11) is 0. The summed E-state index contributed by atoms with van der Waals surface area (Å²) in [4.78, 5) is 28.3. The van der Waals surface area contributed by atoms with E-state index in [2.05, 4.69) is 5.32 Å². The lowest BCUT2D eigenvalue weighted by Crippen LogP contribution is -2.51. The van der Waals surface area contributed by atoms with E-state index in [0.29, 0.717) is 34.3 Å². The largest absolute Gasteiger partial charge is 0.484 e. The van der Waals surface area contributed by atoms with Crippen LogP contribution in [0.4, 0.5) is 0 Å². The Morgan fingerprint density at radius 3 is 2.29 bits per heavy atom. The van der Waals surface area contributed by atoms with Gasteiger partial charge in [-0.25, -0.2) is 0 Å². The van der Waals surface area contributed by atoms with E-state index in [1.165, 1.54) is 4.90 Å². The van der Waals surface area contributed by atoms with Crippen LogP contribution in [0.2, 0.25) is 10.0 Å². The Labute approximate surface area is 210 Å². The van der Waals surface area contributed by atoms with Gasteiger partial charge in [0.15, 0.2) is 6.61 Å². The van der Waals surface area contributed by atoms with Gasteiger partial charge < -0.3 is 15.0 Å². The Hall–Kier alpha value is -3.02. The number of carbonyl (C=O) groups is 2. The third kappa shape index (κ3) is 7.51. The van der Waals surface area contributed by atoms with Crippen LogP contribution in [0.5, 0.6) is 5.75 Å². The first-order valence-electron chi connectivity index (χ1n) is 11.2. The highest BCUT2D eigenvalue weighted by molar-refractivity contribution is 6.35. The summed E-state index contributed by atoms with van der Waals surface area (Å²) >= 11 is 12.5. The standard InChI is InChI=1S/C27H28Cl2N2O3/c1-2-15-30-27(33)25(16-20-9-5-3-6-10-20)31(18-21-13-14-22(28)17-24(21)29)26(32)19-34-23-11-7-4-8-12-23/h3-14,17,25H,2,15-16,18-19H2,1H3,(H,30,33)/t25-/m1/s1. The molecule has 1 N–H and O–H groups in total. The number of para-hydroxylation sites is 1. The maximum absolute atomic E-state index is 13.5. The predicted molar refractivity (Wildman–Crippen MR) is 136 cm³/mol. The fraction of sp³-hybridized carbons (Fsp3) is 0.259. The van der Waals surface area contributed by atoms with Crippen molar-refractivity contribution in [2.75, 3.05) is 13.2 Å². The van der Waals surface area contributed by atoms with E-state index in [9.17, 15) is 9.59 Å². The van der Waals surface area contributed by atoms with Gasteiger partial charge in [-0.3, -0.25) is 9.59 Å². The molecule has 0 saturated carbocycles. The molecule has 0 aliphatic rings. The second-order valence-electron chi connectivity index (χ2n) is 7.86. The summed E-state index contributed by atoms with van der Waals surface area (Å²) in [6.45, 7) is 2.44. The maximum atomic E-state index is 13.5. The molecule has 5 nitrogen and oxygen atoms in total. The summed E-state index contributed by atoms with van der Waals surface area (Å²) in [5, 5.41) is 3.88. The molecular weight excluding hydrogens is 471 g/mol. The quantitative estimate of drug-likeness (QED) is 0.377. The van der Waals surface area contributed by atoms with Gasteiger partial charge in [-0.15, -0.1) is 0 Å². The van der Waals surface area contributed by atoms with Crippen molar-refractivity contribution < 1.29 is 14.3 Å². The van der Waals surface area contributed by atoms with Crippen LogP contribution in [0.1, 0.15) is 24.5 Å². The molecule has 0 aliphatic carbocycles. The van der Waals surface area contributed by atoms with Crippen LogP contribution in [-0.4, -0.2) is 35.9 Å². The van der Waals surface area contributed by atoms with Crippen LogP contribution in [0.25, 0.3) is 0 Å². The van der Waals surface area contributed by atoms with Crippen molar-refractivity contribution in [2.45, 2.75) is 32.4 Å². The smallest absolute Gasteiger partial charge is 0.261 e. The molecule has 7 heteroatoms. The second-order valence-corrected chi connectivity index (χ2v) is 8.70. The first-order valence-corrected chi connectivity index (χ1v) is 12.0. The molecule has 0 aromatic heterocycles. The van der Waals surface area contributed by atoms with E-state index in [-0.39, 0.29) is 25.0 Å². The van der Waals surface area contributed by atoms with E-state index < -0.39 is 6.04 Å². The molecule has 0 aliphatic heterocycles. The highest BCUT2D eigenvalue weighted by Crippen LogP contribution is 2.24. The zero-order chi connectivity index (χ0) is 24.3. The summed E-state index contributed by atoms with van der Waals surface area (Å²) in [5.74, 6) is 0.0432. The average Bonchev–Trinajstić information content (AvgIpc) is 2.85. The van der Waals surface area contributed by atoms with Crippen molar-refractivity contribution in [1.29, 1.82) is 0 Å². The van der Waals surface area contributed by atoms with E-state index in [1.807, 2.05) is 55.5 Å². The van der Waals surface area contributed by atoms with Crippen LogP contribution in [-0.2, 0) is 22.6 Å². The minimum atomic E-state index is -0.743. The van der Waals surface area contributed by atoms with Crippen molar-refractivity contribution in [1.82, 2.24) is 10.2 Å². The van der Waals surface area contributed by atoms with Gasteiger partial charge >= 0.3 is 0 Å². The molecule has 0 fully saturated rings. The number of benzene rings is 3. The zero-order valence-electron chi connectivity index (χ0n) is 19.0. The topological polar surface area (TPSA) is 58.6 Å². The number of hydrogen-bond acceptors (Lipinski definition) is 3. The van der Waals surface area contributed by atoms with E-state index in [0.717, 1.165) is 12.0 Å².